The third kappa shape index (κ3) is 6.25. The van der Waals surface area contributed by atoms with Crippen molar-refractivity contribution in [1.29, 1.82) is 0 Å². The third-order valence-electron chi connectivity index (χ3n) is 5.15. The van der Waals surface area contributed by atoms with Gasteiger partial charge >= 0.3 is 0 Å². The minimum Gasteiger partial charge on any atom is -0.492 e. The number of sulfonamides is 1. The molecule has 0 bridgehead atoms. The van der Waals surface area contributed by atoms with Gasteiger partial charge in [0.2, 0.25) is 0 Å². The molecule has 0 aliphatic rings. The fourth-order valence-corrected chi connectivity index (χ4v) is 4.73. The van der Waals surface area contributed by atoms with E-state index in [9.17, 15) is 23.3 Å². The molecule has 3 rings (SSSR count). The lowest BCUT2D eigenvalue weighted by Crippen LogP contribution is -2.40. The van der Waals surface area contributed by atoms with E-state index in [-0.39, 0.29) is 16.3 Å². The number of hydrogen-bond acceptors (Lipinski definition) is 7. The molecule has 0 saturated heterocycles. The number of nitrogens with zero attached hydrogens (tertiary/aromatic N) is 3. The topological polar surface area (TPSA) is 131 Å². The maximum Gasteiger partial charge on any atom is 0.270 e. The first-order valence-corrected chi connectivity index (χ1v) is 12.5. The smallest absolute Gasteiger partial charge is 0.270 e. The van der Waals surface area contributed by atoms with Crippen LogP contribution >= 0.6 is 0 Å². The number of ether oxygens (including phenoxy) is 1. The quantitative estimate of drug-likeness (QED) is 0.249. The lowest BCUT2D eigenvalue weighted by Gasteiger charge is -2.25. The Morgan fingerprint density at radius 2 is 1.78 bits per heavy atom. The molecule has 0 fully saturated rings. The van der Waals surface area contributed by atoms with Gasteiger partial charge in [-0.15, -0.1) is 0 Å². The van der Waals surface area contributed by atoms with Gasteiger partial charge in [-0.05, 0) is 45.0 Å². The van der Waals surface area contributed by atoms with Crippen LogP contribution in [-0.4, -0.2) is 38.1 Å². The fraction of sp³-hybridized carbons (Fsp3) is 0.200. The van der Waals surface area contributed by atoms with Gasteiger partial charge in [0.15, 0.2) is 0 Å². The summed E-state index contributed by atoms with van der Waals surface area (Å²) in [7, 11) is -4.14. The number of non-ortho nitro benzene ring substituents is 1. The molecule has 36 heavy (non-hydrogen) atoms. The van der Waals surface area contributed by atoms with E-state index in [1.165, 1.54) is 30.3 Å². The average Bonchev–Trinajstić information content (AvgIpc) is 2.86. The fourth-order valence-electron chi connectivity index (χ4n) is 3.30. The van der Waals surface area contributed by atoms with Crippen molar-refractivity contribution in [2.45, 2.75) is 25.7 Å². The number of rotatable bonds is 10. The van der Waals surface area contributed by atoms with Crippen molar-refractivity contribution in [3.63, 3.8) is 0 Å². The monoisotopic (exact) mass is 510 g/mol. The van der Waals surface area contributed by atoms with Crippen molar-refractivity contribution < 1.29 is 22.9 Å². The summed E-state index contributed by atoms with van der Waals surface area (Å²) in [5.74, 6) is -0.401. The summed E-state index contributed by atoms with van der Waals surface area (Å²) < 4.78 is 33.8. The SMILES string of the molecule is CCOc1ccccc1N(CC(=O)N/N=C(/C)c1cccc([N+](=O)[O-])c1)S(=O)(=O)c1ccc(C)cc1. The van der Waals surface area contributed by atoms with Crippen LogP contribution < -0.4 is 14.5 Å². The van der Waals surface area contributed by atoms with Gasteiger partial charge in [0.25, 0.3) is 21.6 Å². The highest BCUT2D eigenvalue weighted by Gasteiger charge is 2.29. The summed E-state index contributed by atoms with van der Waals surface area (Å²) >= 11 is 0. The van der Waals surface area contributed by atoms with E-state index in [0.717, 1.165) is 9.87 Å². The zero-order chi connectivity index (χ0) is 26.3. The van der Waals surface area contributed by atoms with Crippen molar-refractivity contribution in [1.82, 2.24) is 5.43 Å². The predicted octanol–water partition coefficient (Wildman–Crippen LogP) is 4.04. The van der Waals surface area contributed by atoms with Crippen molar-refractivity contribution in [2.75, 3.05) is 17.5 Å². The van der Waals surface area contributed by atoms with Gasteiger partial charge in [-0.2, -0.15) is 5.10 Å². The number of anilines is 1. The van der Waals surface area contributed by atoms with Gasteiger partial charge in [-0.1, -0.05) is 42.0 Å². The molecule has 0 spiro atoms. The Hall–Kier alpha value is -4.25. The summed E-state index contributed by atoms with van der Waals surface area (Å²) in [5.41, 5.74) is 4.08. The summed E-state index contributed by atoms with van der Waals surface area (Å²) in [6.07, 6.45) is 0. The van der Waals surface area contributed by atoms with Gasteiger partial charge in [0.1, 0.15) is 12.3 Å². The van der Waals surface area contributed by atoms with E-state index in [1.54, 1.807) is 56.3 Å². The van der Waals surface area contributed by atoms with E-state index in [4.69, 9.17) is 4.74 Å². The molecule has 11 heteroatoms. The Balaban J connectivity index is 1.92. The summed E-state index contributed by atoms with van der Waals surface area (Å²) in [6.45, 7) is 4.91. The molecule has 0 aliphatic carbocycles. The minimum absolute atomic E-state index is 0.0171. The van der Waals surface area contributed by atoms with Crippen LogP contribution in [0.1, 0.15) is 25.0 Å². The van der Waals surface area contributed by atoms with Crippen LogP contribution in [-0.2, 0) is 14.8 Å². The van der Waals surface area contributed by atoms with E-state index < -0.39 is 27.4 Å². The first-order valence-electron chi connectivity index (χ1n) is 11.0. The highest BCUT2D eigenvalue weighted by Crippen LogP contribution is 2.32. The number of nitrogens with one attached hydrogen (secondary N) is 1. The molecular formula is C25H26N4O6S. The zero-order valence-electron chi connectivity index (χ0n) is 20.0. The number of amides is 1. The van der Waals surface area contributed by atoms with Gasteiger partial charge in [-0.25, -0.2) is 13.8 Å². The lowest BCUT2D eigenvalue weighted by molar-refractivity contribution is -0.384. The molecule has 0 aromatic heterocycles. The second kappa shape index (κ2) is 11.5. The lowest BCUT2D eigenvalue weighted by atomic mass is 10.1. The van der Waals surface area contributed by atoms with Crippen LogP contribution in [0.15, 0.2) is 82.8 Å². The number of hydrogen-bond donors (Lipinski definition) is 1. The molecule has 3 aromatic carbocycles. The number of nitro benzene ring substituents is 1. The number of carbonyl (C=O) groups is 1. The Morgan fingerprint density at radius 1 is 1.08 bits per heavy atom. The summed E-state index contributed by atoms with van der Waals surface area (Å²) in [6, 6.07) is 18.6. The van der Waals surface area contributed by atoms with Gasteiger partial charge in [0, 0.05) is 17.7 Å². The van der Waals surface area contributed by atoms with Crippen LogP contribution in [0.4, 0.5) is 11.4 Å². The van der Waals surface area contributed by atoms with Gasteiger partial charge < -0.3 is 4.74 Å². The molecule has 0 saturated carbocycles. The largest absolute Gasteiger partial charge is 0.492 e. The van der Waals surface area contributed by atoms with Crippen LogP contribution in [0.25, 0.3) is 0 Å². The van der Waals surface area contributed by atoms with Gasteiger partial charge in [0.05, 0.1) is 27.8 Å². The molecule has 1 N–H and O–H groups in total. The molecule has 0 heterocycles. The Morgan fingerprint density at radius 3 is 2.44 bits per heavy atom. The minimum atomic E-state index is -4.14. The second-order valence-corrected chi connectivity index (χ2v) is 9.63. The van der Waals surface area contributed by atoms with Crippen molar-refractivity contribution in [3.05, 3.63) is 94.0 Å². The van der Waals surface area contributed by atoms with Crippen molar-refractivity contribution in [3.8, 4) is 5.75 Å². The van der Waals surface area contributed by atoms with E-state index in [0.29, 0.717) is 23.6 Å². The van der Waals surface area contributed by atoms with E-state index >= 15 is 0 Å². The Bertz CT molecular complexity index is 1390. The second-order valence-electron chi connectivity index (χ2n) is 7.77. The molecule has 188 valence electrons. The molecule has 0 aliphatic heterocycles. The Labute approximate surface area is 209 Å². The predicted molar refractivity (Wildman–Crippen MR) is 137 cm³/mol. The molecule has 0 radical (unpaired) electrons. The number of aryl methyl sites for hydroxylation is 1. The third-order valence-corrected chi connectivity index (χ3v) is 6.93. The number of carbonyl (C=O) groups excluding carboxylic acids is 1. The van der Waals surface area contributed by atoms with Gasteiger partial charge in [-0.3, -0.25) is 19.2 Å². The maximum atomic E-state index is 13.6. The summed E-state index contributed by atoms with van der Waals surface area (Å²) in [4.78, 5) is 23.4. The molecule has 0 atom stereocenters. The number of benzene rings is 3. The highest BCUT2D eigenvalue weighted by molar-refractivity contribution is 7.92. The first kappa shape index (κ1) is 26.4. The Kier molecular flexibility index (Phi) is 8.38. The van der Waals surface area contributed by atoms with Crippen LogP contribution in [0, 0.1) is 17.0 Å². The summed E-state index contributed by atoms with van der Waals surface area (Å²) in [5, 5.41) is 15.0. The first-order chi connectivity index (χ1) is 17.1. The molecule has 0 unspecified atom stereocenters. The molecule has 3 aromatic rings. The van der Waals surface area contributed by atoms with E-state index in [1.807, 2.05) is 6.92 Å². The number of para-hydroxylation sites is 2. The molecular weight excluding hydrogens is 484 g/mol. The standard InChI is InChI=1S/C25H26N4O6S/c1-4-35-24-11-6-5-10-23(24)28(36(33,34)22-14-12-18(2)13-15-22)17-25(30)27-26-19(3)20-8-7-9-21(16-20)29(31)32/h5-16H,4,17H2,1-3H3,(H,27,30)/b26-19-. The average molecular weight is 511 g/mol. The van der Waals surface area contributed by atoms with Crippen molar-refractivity contribution >= 4 is 33.0 Å². The van der Waals surface area contributed by atoms with Crippen LogP contribution in [0.2, 0.25) is 0 Å². The number of nitro groups is 1. The van der Waals surface area contributed by atoms with Crippen molar-refractivity contribution in [2.24, 2.45) is 5.10 Å². The normalized spacial score (nSPS) is 11.6. The number of hydrazone groups is 1. The molecule has 1 amide bonds. The van der Waals surface area contributed by atoms with Crippen LogP contribution in [0.3, 0.4) is 0 Å². The van der Waals surface area contributed by atoms with E-state index in [2.05, 4.69) is 10.5 Å². The maximum absolute atomic E-state index is 13.6. The van der Waals surface area contributed by atoms with Crippen LogP contribution in [0.5, 0.6) is 5.75 Å². The zero-order valence-corrected chi connectivity index (χ0v) is 20.9. The highest BCUT2D eigenvalue weighted by atomic mass is 32.2. The molecule has 10 nitrogen and oxygen atoms in total.